The topological polar surface area (TPSA) is 58.9 Å². The molecule has 0 aliphatic carbocycles. The Bertz CT molecular complexity index is 819. The summed E-state index contributed by atoms with van der Waals surface area (Å²) < 4.78 is 2.07. The van der Waals surface area contributed by atoms with Crippen LogP contribution in [0, 0.1) is 0 Å². The number of hydrogen-bond donors (Lipinski definition) is 1. The van der Waals surface area contributed by atoms with Crippen molar-refractivity contribution in [3.8, 4) is 11.4 Å². The molecule has 1 N–H and O–H groups in total. The fourth-order valence-corrected chi connectivity index (χ4v) is 2.56. The third-order valence-corrected chi connectivity index (χ3v) is 3.97. The van der Waals surface area contributed by atoms with Crippen LogP contribution in [0.15, 0.2) is 41.5 Å². The zero-order valence-electron chi connectivity index (χ0n) is 11.8. The Kier molecular flexibility index (Phi) is 4.27. The summed E-state index contributed by atoms with van der Waals surface area (Å²) in [7, 11) is 1.70. The van der Waals surface area contributed by atoms with Gasteiger partial charge in [0.25, 0.3) is 0 Å². The van der Waals surface area contributed by atoms with Crippen LogP contribution in [0.25, 0.3) is 11.4 Å². The van der Waals surface area contributed by atoms with Crippen LogP contribution in [0.3, 0.4) is 0 Å². The maximum absolute atomic E-state index is 6.07. The van der Waals surface area contributed by atoms with Crippen LogP contribution in [0.1, 0.15) is 11.3 Å². The summed E-state index contributed by atoms with van der Waals surface area (Å²) in [6.07, 6.45) is 3.66. The van der Waals surface area contributed by atoms with Crippen molar-refractivity contribution < 1.29 is 0 Å². The maximum atomic E-state index is 6.07. The van der Waals surface area contributed by atoms with Gasteiger partial charge in [-0.05, 0) is 29.8 Å². The van der Waals surface area contributed by atoms with Gasteiger partial charge >= 0.3 is 0 Å². The molecule has 2 aromatic heterocycles. The summed E-state index contributed by atoms with van der Waals surface area (Å²) in [4.78, 5) is 3.99. The first-order valence-electron chi connectivity index (χ1n) is 6.61. The van der Waals surface area contributed by atoms with Gasteiger partial charge in [0.2, 0.25) is 0 Å². The van der Waals surface area contributed by atoms with Crippen molar-refractivity contribution in [3.63, 3.8) is 0 Å². The van der Waals surface area contributed by atoms with E-state index in [1.165, 1.54) is 0 Å². The molecule has 1 aromatic carbocycles. The van der Waals surface area contributed by atoms with Crippen LogP contribution in [-0.2, 0) is 6.54 Å². The van der Waals surface area contributed by atoms with Gasteiger partial charge in [0.15, 0.2) is 0 Å². The van der Waals surface area contributed by atoms with E-state index >= 15 is 0 Å². The van der Waals surface area contributed by atoms with Crippen molar-refractivity contribution >= 4 is 29.4 Å². The quantitative estimate of drug-likeness (QED) is 0.740. The summed E-state index contributed by atoms with van der Waals surface area (Å²) in [5, 5.41) is 12.1. The maximum Gasteiger partial charge on any atom is 0.138 e. The van der Waals surface area contributed by atoms with Crippen LogP contribution in [0.5, 0.6) is 0 Å². The highest BCUT2D eigenvalue weighted by atomic mass is 35.5. The van der Waals surface area contributed by atoms with Gasteiger partial charge < -0.3 is 4.57 Å². The molecule has 3 aromatic rings. The average Bonchev–Trinajstić information content (AvgIpc) is 3.12. The number of rotatable bonds is 4. The Morgan fingerprint density at radius 1 is 1.23 bits per heavy atom. The van der Waals surface area contributed by atoms with E-state index in [2.05, 4.69) is 25.0 Å². The highest BCUT2D eigenvalue weighted by Gasteiger charge is 2.13. The largest absolute Gasteiger partial charge is 0.342 e. The molecule has 0 aliphatic rings. The fourth-order valence-electron chi connectivity index (χ4n) is 2.24. The predicted molar refractivity (Wildman–Crippen MR) is 88.9 cm³/mol. The van der Waals surface area contributed by atoms with Gasteiger partial charge in [0, 0.05) is 19.8 Å². The minimum Gasteiger partial charge on any atom is -0.342 e. The highest BCUT2D eigenvalue weighted by Crippen LogP contribution is 2.25. The van der Waals surface area contributed by atoms with Crippen molar-refractivity contribution in [1.82, 2.24) is 20.0 Å². The standard InChI is InChI=1S/C15H13Cl2N5/c1-18-8-13-15(20-21-19-13)14-3-2-6-22(14)9-10-4-5-11(16)12(17)7-10/h2-8H,9H2,1H3,(H,19,20,21). The van der Waals surface area contributed by atoms with Crippen molar-refractivity contribution in [2.45, 2.75) is 6.54 Å². The summed E-state index contributed by atoms with van der Waals surface area (Å²) in [6.45, 7) is 0.661. The minimum atomic E-state index is 0.549. The van der Waals surface area contributed by atoms with E-state index < -0.39 is 0 Å². The fraction of sp³-hybridized carbons (Fsp3) is 0.133. The van der Waals surface area contributed by atoms with Gasteiger partial charge in [0.05, 0.1) is 22.0 Å². The summed E-state index contributed by atoms with van der Waals surface area (Å²) in [6, 6.07) is 9.57. The van der Waals surface area contributed by atoms with Gasteiger partial charge in [-0.25, -0.2) is 0 Å². The van der Waals surface area contributed by atoms with Gasteiger partial charge in [-0.1, -0.05) is 29.3 Å². The summed E-state index contributed by atoms with van der Waals surface area (Å²) >= 11 is 12.0. The lowest BCUT2D eigenvalue weighted by atomic mass is 10.2. The molecule has 112 valence electrons. The zero-order chi connectivity index (χ0) is 15.5. The molecule has 0 aliphatic heterocycles. The predicted octanol–water partition coefficient (Wildman–Crippen LogP) is 3.68. The Morgan fingerprint density at radius 3 is 2.86 bits per heavy atom. The van der Waals surface area contributed by atoms with Crippen molar-refractivity contribution in [2.24, 2.45) is 4.99 Å². The van der Waals surface area contributed by atoms with E-state index in [0.29, 0.717) is 22.3 Å². The molecule has 2 heterocycles. The molecule has 22 heavy (non-hydrogen) atoms. The zero-order valence-corrected chi connectivity index (χ0v) is 13.3. The molecule has 7 heteroatoms. The van der Waals surface area contributed by atoms with Crippen molar-refractivity contribution in [3.05, 3.63) is 57.8 Å². The molecule has 0 spiro atoms. The number of aliphatic imine (C=N–C) groups is 1. The molecule has 0 amide bonds. The number of hydrogen-bond acceptors (Lipinski definition) is 3. The molecule has 0 atom stereocenters. The molecule has 3 rings (SSSR count). The van der Waals surface area contributed by atoms with Crippen LogP contribution < -0.4 is 0 Å². The summed E-state index contributed by atoms with van der Waals surface area (Å²) in [5.74, 6) is 0. The van der Waals surface area contributed by atoms with E-state index in [-0.39, 0.29) is 0 Å². The number of nitrogens with one attached hydrogen (secondary N) is 1. The van der Waals surface area contributed by atoms with Crippen LogP contribution in [0.2, 0.25) is 10.0 Å². The van der Waals surface area contributed by atoms with Gasteiger partial charge in [0.1, 0.15) is 11.4 Å². The van der Waals surface area contributed by atoms with E-state index in [1.54, 1.807) is 19.3 Å². The number of halogens is 2. The molecule has 0 fully saturated rings. The monoisotopic (exact) mass is 333 g/mol. The Labute approximate surface area is 137 Å². The van der Waals surface area contributed by atoms with Gasteiger partial charge in [-0.15, -0.1) is 0 Å². The smallest absolute Gasteiger partial charge is 0.138 e. The Hall–Kier alpha value is -2.11. The SMILES string of the molecule is CN=Cc1n[nH]nc1-c1cccn1Cc1ccc(Cl)c(Cl)c1. The second-order valence-corrected chi connectivity index (χ2v) is 5.53. The molecular formula is C15H13Cl2N5. The summed E-state index contributed by atoms with van der Waals surface area (Å²) in [5.41, 5.74) is 3.48. The van der Waals surface area contributed by atoms with E-state index in [0.717, 1.165) is 17.0 Å². The first kappa shape index (κ1) is 14.8. The van der Waals surface area contributed by atoms with Crippen LogP contribution in [0.4, 0.5) is 0 Å². The highest BCUT2D eigenvalue weighted by molar-refractivity contribution is 6.42. The molecule has 0 bridgehead atoms. The van der Waals surface area contributed by atoms with Crippen molar-refractivity contribution in [2.75, 3.05) is 7.05 Å². The molecular weight excluding hydrogens is 321 g/mol. The minimum absolute atomic E-state index is 0.549. The molecule has 5 nitrogen and oxygen atoms in total. The van der Waals surface area contributed by atoms with E-state index in [9.17, 15) is 0 Å². The van der Waals surface area contributed by atoms with Crippen molar-refractivity contribution in [1.29, 1.82) is 0 Å². The third-order valence-electron chi connectivity index (χ3n) is 3.24. The van der Waals surface area contributed by atoms with Gasteiger partial charge in [-0.3, -0.25) is 4.99 Å². The van der Waals surface area contributed by atoms with Crippen LogP contribution in [-0.4, -0.2) is 33.2 Å². The van der Waals surface area contributed by atoms with E-state index in [4.69, 9.17) is 23.2 Å². The Morgan fingerprint density at radius 2 is 2.09 bits per heavy atom. The van der Waals surface area contributed by atoms with Crippen LogP contribution >= 0.6 is 23.2 Å². The molecule has 0 radical (unpaired) electrons. The molecule has 0 saturated carbocycles. The third kappa shape index (κ3) is 2.91. The first-order chi connectivity index (χ1) is 10.7. The second kappa shape index (κ2) is 6.34. The number of benzene rings is 1. The normalized spacial score (nSPS) is 11.4. The Balaban J connectivity index is 1.95. The second-order valence-electron chi connectivity index (χ2n) is 4.71. The molecule has 0 saturated heterocycles. The lowest BCUT2D eigenvalue weighted by molar-refractivity contribution is 0.810. The lowest BCUT2D eigenvalue weighted by Gasteiger charge is -2.09. The van der Waals surface area contributed by atoms with E-state index in [1.807, 2.05) is 30.5 Å². The molecule has 0 unspecified atom stereocenters. The first-order valence-corrected chi connectivity index (χ1v) is 7.37. The lowest BCUT2D eigenvalue weighted by Crippen LogP contribution is -2.01. The number of H-pyrrole nitrogens is 1. The van der Waals surface area contributed by atoms with Gasteiger partial charge in [-0.2, -0.15) is 15.4 Å². The number of aromatic amines is 1. The number of nitrogens with zero attached hydrogens (tertiary/aromatic N) is 4. The average molecular weight is 334 g/mol. The number of aromatic nitrogens is 4.